The van der Waals surface area contributed by atoms with Crippen LogP contribution in [-0.4, -0.2) is 17.1 Å². The lowest BCUT2D eigenvalue weighted by molar-refractivity contribution is 0.395. The molecule has 1 rings (SSSR count). The largest absolute Gasteiger partial charge is 0.481 e. The average Bonchev–Trinajstić information content (AvgIpc) is 2.18. The maximum Gasteiger partial charge on any atom is 0.216 e. The van der Waals surface area contributed by atoms with Gasteiger partial charge in [0.25, 0.3) is 0 Å². The number of ether oxygens (including phenoxy) is 1. The summed E-state index contributed by atoms with van der Waals surface area (Å²) >= 11 is 0. The van der Waals surface area contributed by atoms with E-state index in [1.54, 1.807) is 13.2 Å². The molecule has 0 aliphatic heterocycles. The lowest BCUT2D eigenvalue weighted by Crippen LogP contribution is -2.11. The Labute approximate surface area is 78.1 Å². The van der Waals surface area contributed by atoms with Crippen molar-refractivity contribution < 1.29 is 4.74 Å². The Hall–Kier alpha value is -1.16. The summed E-state index contributed by atoms with van der Waals surface area (Å²) in [4.78, 5) is 8.00. The summed E-state index contributed by atoms with van der Waals surface area (Å²) in [6, 6.07) is 1.77. The molecule has 0 saturated carbocycles. The summed E-state index contributed by atoms with van der Waals surface area (Å²) in [6.07, 6.45) is 3.46. The van der Waals surface area contributed by atoms with E-state index in [2.05, 4.69) is 16.9 Å². The van der Waals surface area contributed by atoms with Crippen LogP contribution in [0.15, 0.2) is 12.4 Å². The molecule has 1 heterocycles. The first-order valence-electron chi connectivity index (χ1n) is 4.39. The fourth-order valence-electron chi connectivity index (χ4n) is 1.13. The van der Waals surface area contributed by atoms with Crippen molar-refractivity contribution in [2.45, 2.75) is 25.8 Å². The maximum atomic E-state index is 5.88. The first-order valence-corrected chi connectivity index (χ1v) is 4.39. The van der Waals surface area contributed by atoms with Gasteiger partial charge in [-0.05, 0) is 6.42 Å². The summed E-state index contributed by atoms with van der Waals surface area (Å²) in [5.74, 6) is 0.566. The molecule has 0 bridgehead atoms. The minimum atomic E-state index is -0.0121. The molecule has 0 amide bonds. The Morgan fingerprint density at radius 1 is 1.54 bits per heavy atom. The number of nitrogens with two attached hydrogens (primary N) is 1. The lowest BCUT2D eigenvalue weighted by Gasteiger charge is -2.09. The van der Waals surface area contributed by atoms with E-state index in [1.165, 1.54) is 6.33 Å². The van der Waals surface area contributed by atoms with E-state index in [9.17, 15) is 0 Å². The van der Waals surface area contributed by atoms with Crippen molar-refractivity contribution in [3.05, 3.63) is 18.1 Å². The normalized spacial score (nSPS) is 12.5. The molecule has 4 heteroatoms. The van der Waals surface area contributed by atoms with Gasteiger partial charge in [0.1, 0.15) is 6.33 Å². The van der Waals surface area contributed by atoms with Crippen LogP contribution in [0.5, 0.6) is 5.88 Å². The molecule has 0 saturated heterocycles. The van der Waals surface area contributed by atoms with Gasteiger partial charge in [0, 0.05) is 12.1 Å². The molecule has 1 aromatic heterocycles. The van der Waals surface area contributed by atoms with Crippen LogP contribution in [0.2, 0.25) is 0 Å². The van der Waals surface area contributed by atoms with Crippen molar-refractivity contribution in [3.63, 3.8) is 0 Å². The molecule has 0 aromatic carbocycles. The van der Waals surface area contributed by atoms with Gasteiger partial charge in [0.2, 0.25) is 5.88 Å². The quantitative estimate of drug-likeness (QED) is 0.760. The third kappa shape index (κ3) is 2.66. The SMILES string of the molecule is CCCC(N)c1cc(OC)ncn1. The van der Waals surface area contributed by atoms with Gasteiger partial charge in [-0.2, -0.15) is 0 Å². The third-order valence-corrected chi connectivity index (χ3v) is 1.85. The molecule has 1 unspecified atom stereocenters. The Kier molecular flexibility index (Phi) is 3.64. The van der Waals surface area contributed by atoms with Crippen LogP contribution in [0.1, 0.15) is 31.5 Å². The molecule has 2 N–H and O–H groups in total. The summed E-state index contributed by atoms with van der Waals surface area (Å²) in [7, 11) is 1.58. The molecule has 0 aliphatic rings. The molecule has 1 atom stereocenters. The molecule has 0 spiro atoms. The number of hydrogen-bond donors (Lipinski definition) is 1. The number of hydrogen-bond acceptors (Lipinski definition) is 4. The van der Waals surface area contributed by atoms with Gasteiger partial charge in [-0.15, -0.1) is 0 Å². The van der Waals surface area contributed by atoms with Gasteiger partial charge in [0.05, 0.1) is 12.8 Å². The zero-order valence-corrected chi connectivity index (χ0v) is 8.03. The Balaban J connectivity index is 2.75. The van der Waals surface area contributed by atoms with Crippen LogP contribution >= 0.6 is 0 Å². The summed E-state index contributed by atoms with van der Waals surface area (Å²) in [5, 5.41) is 0. The highest BCUT2D eigenvalue weighted by molar-refractivity contribution is 5.15. The molecule has 72 valence electrons. The van der Waals surface area contributed by atoms with Crippen LogP contribution in [0.25, 0.3) is 0 Å². The van der Waals surface area contributed by atoms with Crippen LogP contribution < -0.4 is 10.5 Å². The number of aromatic nitrogens is 2. The van der Waals surface area contributed by atoms with E-state index in [1.807, 2.05) is 0 Å². The Morgan fingerprint density at radius 3 is 2.92 bits per heavy atom. The van der Waals surface area contributed by atoms with Crippen molar-refractivity contribution in [1.82, 2.24) is 9.97 Å². The second-order valence-corrected chi connectivity index (χ2v) is 2.88. The monoisotopic (exact) mass is 181 g/mol. The van der Waals surface area contributed by atoms with Crippen LogP contribution in [0.3, 0.4) is 0 Å². The van der Waals surface area contributed by atoms with E-state index in [0.29, 0.717) is 5.88 Å². The van der Waals surface area contributed by atoms with Gasteiger partial charge in [0.15, 0.2) is 0 Å². The number of rotatable bonds is 4. The second-order valence-electron chi connectivity index (χ2n) is 2.88. The highest BCUT2D eigenvalue weighted by Crippen LogP contribution is 2.15. The molecular weight excluding hydrogens is 166 g/mol. The number of methoxy groups -OCH3 is 1. The molecule has 0 radical (unpaired) electrons. The standard InChI is InChI=1S/C9H15N3O/c1-3-4-7(10)8-5-9(13-2)12-6-11-8/h5-7H,3-4,10H2,1-2H3. The molecule has 4 nitrogen and oxygen atoms in total. The molecule has 0 aliphatic carbocycles. The predicted octanol–water partition coefficient (Wildman–Crippen LogP) is 1.29. The Morgan fingerprint density at radius 2 is 2.31 bits per heavy atom. The van der Waals surface area contributed by atoms with Crippen LogP contribution in [0, 0.1) is 0 Å². The molecule has 13 heavy (non-hydrogen) atoms. The predicted molar refractivity (Wildman–Crippen MR) is 50.4 cm³/mol. The highest BCUT2D eigenvalue weighted by Gasteiger charge is 2.07. The minimum Gasteiger partial charge on any atom is -0.481 e. The maximum absolute atomic E-state index is 5.88. The van der Waals surface area contributed by atoms with E-state index >= 15 is 0 Å². The van der Waals surface area contributed by atoms with Crippen molar-refractivity contribution in [3.8, 4) is 5.88 Å². The smallest absolute Gasteiger partial charge is 0.216 e. The molecule has 1 aromatic rings. The van der Waals surface area contributed by atoms with Crippen LogP contribution in [0.4, 0.5) is 0 Å². The molecular formula is C9H15N3O. The van der Waals surface area contributed by atoms with Gasteiger partial charge in [-0.1, -0.05) is 13.3 Å². The van der Waals surface area contributed by atoms with Crippen molar-refractivity contribution in [2.75, 3.05) is 7.11 Å². The Bertz CT molecular complexity index is 265. The summed E-state index contributed by atoms with van der Waals surface area (Å²) in [6.45, 7) is 2.10. The minimum absolute atomic E-state index is 0.0121. The lowest BCUT2D eigenvalue weighted by atomic mass is 10.1. The zero-order chi connectivity index (χ0) is 9.68. The zero-order valence-electron chi connectivity index (χ0n) is 8.03. The van der Waals surface area contributed by atoms with Crippen LogP contribution in [-0.2, 0) is 0 Å². The third-order valence-electron chi connectivity index (χ3n) is 1.85. The summed E-state index contributed by atoms with van der Waals surface area (Å²) < 4.78 is 4.98. The van der Waals surface area contributed by atoms with E-state index in [4.69, 9.17) is 10.5 Å². The van der Waals surface area contributed by atoms with E-state index in [0.717, 1.165) is 18.5 Å². The fraction of sp³-hybridized carbons (Fsp3) is 0.556. The fourth-order valence-corrected chi connectivity index (χ4v) is 1.13. The van der Waals surface area contributed by atoms with Gasteiger partial charge in [-0.3, -0.25) is 0 Å². The molecule has 0 fully saturated rings. The van der Waals surface area contributed by atoms with Crippen molar-refractivity contribution >= 4 is 0 Å². The second kappa shape index (κ2) is 4.77. The average molecular weight is 181 g/mol. The first kappa shape index (κ1) is 9.92. The topological polar surface area (TPSA) is 61.0 Å². The van der Waals surface area contributed by atoms with Crippen molar-refractivity contribution in [2.24, 2.45) is 5.73 Å². The highest BCUT2D eigenvalue weighted by atomic mass is 16.5. The van der Waals surface area contributed by atoms with E-state index in [-0.39, 0.29) is 6.04 Å². The van der Waals surface area contributed by atoms with E-state index < -0.39 is 0 Å². The van der Waals surface area contributed by atoms with Gasteiger partial charge < -0.3 is 10.5 Å². The first-order chi connectivity index (χ1) is 6.27. The van der Waals surface area contributed by atoms with Gasteiger partial charge in [-0.25, -0.2) is 9.97 Å². The number of nitrogens with zero attached hydrogens (tertiary/aromatic N) is 2. The van der Waals surface area contributed by atoms with Crippen molar-refractivity contribution in [1.29, 1.82) is 0 Å². The summed E-state index contributed by atoms with van der Waals surface area (Å²) in [5.41, 5.74) is 6.72. The van der Waals surface area contributed by atoms with Gasteiger partial charge >= 0.3 is 0 Å².